The zero-order chi connectivity index (χ0) is 17.1. The van der Waals surface area contributed by atoms with Crippen molar-refractivity contribution in [2.24, 2.45) is 5.73 Å². The first-order chi connectivity index (χ1) is 11.6. The standard InChI is InChI=1S/C17H19N4O3/c1-23-13-3-4-15(24-2)12(7-13)9-21-6-5-11-8-19-17(16(18)22)20-14(11)10-21/h3-4,7H,5-6,9-10H2,1-2H3,(H2,18,22). The molecule has 0 unspecified atom stereocenters. The Morgan fingerprint density at radius 3 is 2.92 bits per heavy atom. The summed E-state index contributed by atoms with van der Waals surface area (Å²) in [5.41, 5.74) is 8.02. The molecule has 0 saturated heterocycles. The van der Waals surface area contributed by atoms with Crippen molar-refractivity contribution in [2.75, 3.05) is 20.8 Å². The van der Waals surface area contributed by atoms with Gasteiger partial charge in [0.1, 0.15) is 11.5 Å². The summed E-state index contributed by atoms with van der Waals surface area (Å²) in [6, 6.07) is 5.73. The number of nitrogens with two attached hydrogens (primary N) is 1. The third-order valence-electron chi connectivity index (χ3n) is 4.04. The Morgan fingerprint density at radius 1 is 1.38 bits per heavy atom. The minimum Gasteiger partial charge on any atom is -0.497 e. The largest absolute Gasteiger partial charge is 0.497 e. The number of primary amides is 1. The highest BCUT2D eigenvalue weighted by Gasteiger charge is 2.21. The maximum Gasteiger partial charge on any atom is 0.286 e. The molecule has 0 atom stereocenters. The highest BCUT2D eigenvalue weighted by Crippen LogP contribution is 2.27. The second-order valence-corrected chi connectivity index (χ2v) is 5.59. The van der Waals surface area contributed by atoms with Crippen LogP contribution in [0.4, 0.5) is 0 Å². The molecule has 1 aliphatic rings. The number of rotatable bonds is 5. The first-order valence-electron chi connectivity index (χ1n) is 7.61. The lowest BCUT2D eigenvalue weighted by molar-refractivity contribution is 0.0989. The van der Waals surface area contributed by atoms with Crippen LogP contribution in [0.1, 0.15) is 27.4 Å². The third kappa shape index (κ3) is 3.30. The summed E-state index contributed by atoms with van der Waals surface area (Å²) >= 11 is 0. The molecule has 0 fully saturated rings. The Hall–Kier alpha value is -2.67. The summed E-state index contributed by atoms with van der Waals surface area (Å²) < 4.78 is 10.7. The number of amides is 1. The van der Waals surface area contributed by atoms with Crippen molar-refractivity contribution in [2.45, 2.75) is 19.5 Å². The summed E-state index contributed by atoms with van der Waals surface area (Å²) in [4.78, 5) is 21.6. The van der Waals surface area contributed by atoms with Crippen molar-refractivity contribution in [3.8, 4) is 11.5 Å². The maximum absolute atomic E-state index is 11.2. The molecule has 2 N–H and O–H groups in total. The molecule has 0 aliphatic carbocycles. The molecule has 7 heteroatoms. The van der Waals surface area contributed by atoms with Crippen LogP contribution >= 0.6 is 0 Å². The van der Waals surface area contributed by atoms with Crippen molar-refractivity contribution in [1.29, 1.82) is 0 Å². The van der Waals surface area contributed by atoms with Gasteiger partial charge in [-0.3, -0.25) is 9.69 Å². The van der Waals surface area contributed by atoms with Crippen molar-refractivity contribution in [1.82, 2.24) is 14.9 Å². The normalized spacial score (nSPS) is 14.1. The molecule has 0 bridgehead atoms. The fourth-order valence-electron chi connectivity index (χ4n) is 2.79. The Labute approximate surface area is 140 Å². The van der Waals surface area contributed by atoms with E-state index in [0.29, 0.717) is 13.1 Å². The van der Waals surface area contributed by atoms with E-state index in [1.807, 2.05) is 18.2 Å². The van der Waals surface area contributed by atoms with E-state index in [1.165, 1.54) is 0 Å². The van der Waals surface area contributed by atoms with Crippen LogP contribution in [0.5, 0.6) is 11.5 Å². The Balaban J connectivity index is 1.81. The van der Waals surface area contributed by atoms with Gasteiger partial charge in [0, 0.05) is 30.8 Å². The SMILES string of the molecule is COc1ccc(OC)c(CN2CCc3[c]nc(C(N)=O)nc3C2)c1. The lowest BCUT2D eigenvalue weighted by Gasteiger charge is -2.28. The van der Waals surface area contributed by atoms with Crippen LogP contribution in [0, 0.1) is 6.20 Å². The second kappa shape index (κ2) is 6.84. The quantitative estimate of drug-likeness (QED) is 0.879. The molecule has 24 heavy (non-hydrogen) atoms. The average molecular weight is 327 g/mol. The lowest BCUT2D eigenvalue weighted by atomic mass is 10.1. The number of ether oxygens (including phenoxy) is 2. The summed E-state index contributed by atoms with van der Waals surface area (Å²) in [6.07, 6.45) is 3.66. The van der Waals surface area contributed by atoms with Crippen LogP contribution < -0.4 is 15.2 Å². The van der Waals surface area contributed by atoms with E-state index < -0.39 is 5.91 Å². The third-order valence-corrected chi connectivity index (χ3v) is 4.04. The molecule has 2 heterocycles. The molecule has 1 aromatic carbocycles. The van der Waals surface area contributed by atoms with Crippen LogP contribution in [0.2, 0.25) is 0 Å². The fraction of sp³-hybridized carbons (Fsp3) is 0.353. The maximum atomic E-state index is 11.2. The fourth-order valence-corrected chi connectivity index (χ4v) is 2.79. The Morgan fingerprint density at radius 2 is 2.21 bits per heavy atom. The minimum atomic E-state index is -0.638. The van der Waals surface area contributed by atoms with Crippen LogP contribution in [0.25, 0.3) is 0 Å². The van der Waals surface area contributed by atoms with Gasteiger partial charge >= 0.3 is 0 Å². The van der Waals surface area contributed by atoms with Gasteiger partial charge in [-0.25, -0.2) is 9.97 Å². The minimum absolute atomic E-state index is 0.00885. The molecule has 2 aromatic rings. The molecule has 0 spiro atoms. The number of carbonyl (C=O) groups is 1. The van der Waals surface area contributed by atoms with Crippen LogP contribution in [0.15, 0.2) is 18.2 Å². The number of hydrogen-bond acceptors (Lipinski definition) is 6. The van der Waals surface area contributed by atoms with Gasteiger partial charge in [0.25, 0.3) is 5.91 Å². The molecule has 1 aliphatic heterocycles. The molecular formula is C17H19N4O3. The van der Waals surface area contributed by atoms with Gasteiger partial charge in [0.2, 0.25) is 5.82 Å². The number of fused-ring (bicyclic) bond motifs is 1. The summed E-state index contributed by atoms with van der Waals surface area (Å²) in [6.45, 7) is 2.15. The van der Waals surface area contributed by atoms with E-state index in [4.69, 9.17) is 15.2 Å². The number of nitrogens with zero attached hydrogens (tertiary/aromatic N) is 3. The summed E-state index contributed by atoms with van der Waals surface area (Å²) in [5.74, 6) is 0.971. The molecule has 3 rings (SSSR count). The van der Waals surface area contributed by atoms with Crippen molar-refractivity contribution >= 4 is 5.91 Å². The molecular weight excluding hydrogens is 308 g/mol. The van der Waals surface area contributed by atoms with Gasteiger partial charge in [0.15, 0.2) is 0 Å². The van der Waals surface area contributed by atoms with Gasteiger partial charge in [-0.1, -0.05) is 0 Å². The molecule has 1 aromatic heterocycles. The average Bonchev–Trinajstić information content (AvgIpc) is 2.61. The first-order valence-corrected chi connectivity index (χ1v) is 7.61. The predicted molar refractivity (Wildman–Crippen MR) is 86.7 cm³/mol. The van der Waals surface area contributed by atoms with Gasteiger partial charge in [-0.05, 0) is 24.6 Å². The molecule has 1 amide bonds. The van der Waals surface area contributed by atoms with Crippen LogP contribution in [-0.4, -0.2) is 41.5 Å². The van der Waals surface area contributed by atoms with E-state index in [0.717, 1.165) is 41.3 Å². The topological polar surface area (TPSA) is 90.6 Å². The first kappa shape index (κ1) is 16.2. The Kier molecular flexibility index (Phi) is 4.61. The second-order valence-electron chi connectivity index (χ2n) is 5.59. The predicted octanol–water partition coefficient (Wildman–Crippen LogP) is 0.951. The van der Waals surface area contributed by atoms with Crippen molar-refractivity contribution in [3.63, 3.8) is 0 Å². The van der Waals surface area contributed by atoms with Crippen molar-refractivity contribution < 1.29 is 14.3 Å². The van der Waals surface area contributed by atoms with Crippen LogP contribution in [0.3, 0.4) is 0 Å². The summed E-state index contributed by atoms with van der Waals surface area (Å²) in [7, 11) is 3.29. The molecule has 1 radical (unpaired) electrons. The number of aromatic nitrogens is 2. The van der Waals surface area contributed by atoms with Crippen LogP contribution in [-0.2, 0) is 19.5 Å². The molecule has 125 valence electrons. The monoisotopic (exact) mass is 327 g/mol. The number of hydrogen-bond donors (Lipinski definition) is 1. The zero-order valence-corrected chi connectivity index (χ0v) is 13.7. The van der Waals surface area contributed by atoms with Gasteiger partial charge in [0.05, 0.1) is 26.1 Å². The summed E-state index contributed by atoms with van der Waals surface area (Å²) in [5, 5.41) is 0. The van der Waals surface area contributed by atoms with Crippen molar-refractivity contribution in [3.05, 3.63) is 47.0 Å². The van der Waals surface area contributed by atoms with E-state index in [1.54, 1.807) is 14.2 Å². The highest BCUT2D eigenvalue weighted by atomic mass is 16.5. The zero-order valence-electron chi connectivity index (χ0n) is 13.7. The smallest absolute Gasteiger partial charge is 0.286 e. The molecule has 7 nitrogen and oxygen atoms in total. The number of carbonyl (C=O) groups excluding carboxylic acids is 1. The lowest BCUT2D eigenvalue weighted by Crippen LogP contribution is -2.32. The van der Waals surface area contributed by atoms with Gasteiger partial charge < -0.3 is 15.2 Å². The van der Waals surface area contributed by atoms with E-state index in [2.05, 4.69) is 21.1 Å². The number of methoxy groups -OCH3 is 2. The van der Waals surface area contributed by atoms with E-state index in [-0.39, 0.29) is 5.82 Å². The highest BCUT2D eigenvalue weighted by molar-refractivity contribution is 5.88. The van der Waals surface area contributed by atoms with Gasteiger partial charge in [-0.2, -0.15) is 0 Å². The van der Waals surface area contributed by atoms with Gasteiger partial charge in [-0.15, -0.1) is 0 Å². The van der Waals surface area contributed by atoms with E-state index >= 15 is 0 Å². The number of benzene rings is 1. The van der Waals surface area contributed by atoms with E-state index in [9.17, 15) is 4.79 Å². The molecule has 0 saturated carbocycles. The Bertz CT molecular complexity index is 763.